The van der Waals surface area contributed by atoms with Crippen LogP contribution in [0.4, 0.5) is 0 Å². The van der Waals surface area contributed by atoms with Crippen molar-refractivity contribution in [1.82, 2.24) is 4.90 Å². The van der Waals surface area contributed by atoms with Gasteiger partial charge in [0.25, 0.3) is 0 Å². The molecule has 0 heterocycles. The van der Waals surface area contributed by atoms with E-state index in [9.17, 15) is 0 Å². The second kappa shape index (κ2) is 41.0. The van der Waals surface area contributed by atoms with Gasteiger partial charge in [-0.25, -0.2) is 0 Å². The van der Waals surface area contributed by atoms with Crippen LogP contribution in [-0.2, 0) is 0 Å². The first kappa shape index (κ1) is 44.0. The molecule has 0 aromatic rings. The van der Waals surface area contributed by atoms with Crippen LogP contribution in [0, 0.1) is 0 Å². The third-order valence-corrected chi connectivity index (χ3v) is 10.3. The summed E-state index contributed by atoms with van der Waals surface area (Å²) in [5.74, 6) is 0. The molecule has 0 aliphatic rings. The number of rotatable bonds is 40. The van der Waals surface area contributed by atoms with Gasteiger partial charge in [0.1, 0.15) is 0 Å². The van der Waals surface area contributed by atoms with E-state index in [1.165, 1.54) is 257 Å². The van der Waals surface area contributed by atoms with Gasteiger partial charge in [-0.05, 0) is 33.0 Å². The maximum Gasteiger partial charge on any atom is -0.00218 e. The van der Waals surface area contributed by atoms with E-state index in [1.807, 2.05) is 0 Å². The fourth-order valence-electron chi connectivity index (χ4n) is 7.03. The smallest absolute Gasteiger partial charge is 0.00218 e. The highest BCUT2D eigenvalue weighted by atomic mass is 15.1. The second-order valence-electron chi connectivity index (χ2n) is 15.0. The van der Waals surface area contributed by atoms with Crippen LogP contribution >= 0.6 is 0 Å². The molecule has 0 atom stereocenters. The lowest BCUT2D eigenvalue weighted by atomic mass is 10.0. The first-order valence-electron chi connectivity index (χ1n) is 21.5. The molecule has 0 radical (unpaired) electrons. The number of unbranched alkanes of at least 4 members (excludes halogenated alkanes) is 36. The molecule has 1 nitrogen and oxygen atoms in total. The summed E-state index contributed by atoms with van der Waals surface area (Å²) in [6.45, 7) is 7.25. The van der Waals surface area contributed by atoms with Crippen molar-refractivity contribution in [2.24, 2.45) is 0 Å². The van der Waals surface area contributed by atoms with Crippen molar-refractivity contribution < 1.29 is 0 Å². The van der Waals surface area contributed by atoms with Gasteiger partial charge in [-0.15, -0.1) is 0 Å². The van der Waals surface area contributed by atoms with Gasteiger partial charge in [0, 0.05) is 0 Å². The predicted molar refractivity (Wildman–Crippen MR) is 204 cm³/mol. The normalized spacial score (nSPS) is 11.7. The summed E-state index contributed by atoms with van der Waals surface area (Å²) >= 11 is 0. The lowest BCUT2D eigenvalue weighted by Crippen LogP contribution is -2.20. The highest BCUT2D eigenvalue weighted by Crippen LogP contribution is 2.16. The fourth-order valence-corrected chi connectivity index (χ4v) is 7.03. The minimum Gasteiger partial charge on any atom is -0.306 e. The molecule has 44 heavy (non-hydrogen) atoms. The molecular weight excluding hydrogens is 530 g/mol. The second-order valence-corrected chi connectivity index (χ2v) is 15.0. The maximum atomic E-state index is 2.60. The summed E-state index contributed by atoms with van der Waals surface area (Å²) in [7, 11) is 2.35. The van der Waals surface area contributed by atoms with Gasteiger partial charge in [-0.1, -0.05) is 245 Å². The lowest BCUT2D eigenvalue weighted by Gasteiger charge is -2.16. The van der Waals surface area contributed by atoms with E-state index in [4.69, 9.17) is 0 Å². The summed E-state index contributed by atoms with van der Waals surface area (Å²) in [4.78, 5) is 2.60. The van der Waals surface area contributed by atoms with E-state index >= 15 is 0 Å². The molecule has 0 saturated heterocycles. The van der Waals surface area contributed by atoms with Gasteiger partial charge >= 0.3 is 0 Å². The minimum atomic E-state index is 1.32. The summed E-state index contributed by atoms with van der Waals surface area (Å²) in [5, 5.41) is 0. The lowest BCUT2D eigenvalue weighted by molar-refractivity contribution is 0.314. The Hall–Kier alpha value is -0.0400. The zero-order chi connectivity index (χ0) is 31.9. The van der Waals surface area contributed by atoms with Gasteiger partial charge in [0.05, 0.1) is 0 Å². The van der Waals surface area contributed by atoms with Crippen LogP contribution in [0.25, 0.3) is 0 Å². The standard InChI is InChI=1S/C43H89N/c1-4-6-8-10-12-14-16-18-20-22-24-25-27-29-31-33-35-37-39-41-43-44(3)42-40-38-36-34-32-30-28-26-23-21-19-17-15-13-11-9-7-5-2/h4-43H2,1-3H3. The molecule has 0 N–H and O–H groups in total. The quantitative estimate of drug-likeness (QED) is 0.0617. The van der Waals surface area contributed by atoms with Gasteiger partial charge in [-0.2, -0.15) is 0 Å². The molecule has 0 rings (SSSR count). The zero-order valence-corrected chi connectivity index (χ0v) is 31.7. The van der Waals surface area contributed by atoms with Crippen LogP contribution < -0.4 is 0 Å². The van der Waals surface area contributed by atoms with Crippen molar-refractivity contribution in [1.29, 1.82) is 0 Å². The largest absolute Gasteiger partial charge is 0.306 e. The van der Waals surface area contributed by atoms with E-state index in [0.29, 0.717) is 0 Å². The molecule has 0 spiro atoms. The Bertz CT molecular complexity index is 474. The fraction of sp³-hybridized carbons (Fsp3) is 1.00. The maximum absolute atomic E-state index is 2.60. The minimum absolute atomic E-state index is 1.32. The molecule has 0 aliphatic heterocycles. The van der Waals surface area contributed by atoms with Crippen LogP contribution in [0.5, 0.6) is 0 Å². The van der Waals surface area contributed by atoms with Crippen molar-refractivity contribution in [2.75, 3.05) is 20.1 Å². The van der Waals surface area contributed by atoms with Crippen molar-refractivity contribution in [3.8, 4) is 0 Å². The van der Waals surface area contributed by atoms with E-state index in [1.54, 1.807) is 0 Å². The third-order valence-electron chi connectivity index (χ3n) is 10.3. The number of hydrogen-bond acceptors (Lipinski definition) is 1. The van der Waals surface area contributed by atoms with Crippen LogP contribution in [0.1, 0.15) is 258 Å². The number of nitrogens with zero attached hydrogens (tertiary/aromatic N) is 1. The van der Waals surface area contributed by atoms with Crippen molar-refractivity contribution >= 4 is 0 Å². The Morgan fingerprint density at radius 1 is 0.205 bits per heavy atom. The first-order valence-corrected chi connectivity index (χ1v) is 21.5. The Balaban J connectivity index is 3.13. The molecule has 0 unspecified atom stereocenters. The van der Waals surface area contributed by atoms with Gasteiger partial charge in [0.2, 0.25) is 0 Å². The predicted octanol–water partition coefficient (Wildman–Crippen LogP) is 15.8. The summed E-state index contributed by atoms with van der Waals surface area (Å²) in [5.41, 5.74) is 0. The molecule has 1 heteroatoms. The summed E-state index contributed by atoms with van der Waals surface area (Å²) < 4.78 is 0. The molecule has 0 aliphatic carbocycles. The Morgan fingerprint density at radius 2 is 0.341 bits per heavy atom. The number of hydrogen-bond donors (Lipinski definition) is 0. The molecule has 0 aromatic heterocycles. The highest BCUT2D eigenvalue weighted by Gasteiger charge is 2.00. The zero-order valence-electron chi connectivity index (χ0n) is 31.7. The molecule has 0 bridgehead atoms. The summed E-state index contributed by atoms with van der Waals surface area (Å²) in [6, 6.07) is 0. The van der Waals surface area contributed by atoms with Crippen LogP contribution in [-0.4, -0.2) is 25.0 Å². The molecular formula is C43H89N. The van der Waals surface area contributed by atoms with Gasteiger partial charge in [-0.3, -0.25) is 0 Å². The molecule has 266 valence electrons. The Kier molecular flexibility index (Phi) is 40.9. The average Bonchev–Trinajstić information content (AvgIpc) is 3.03. The molecule has 0 saturated carbocycles. The van der Waals surface area contributed by atoms with Gasteiger partial charge < -0.3 is 4.90 Å². The van der Waals surface area contributed by atoms with Crippen molar-refractivity contribution in [2.45, 2.75) is 258 Å². The summed E-state index contributed by atoms with van der Waals surface area (Å²) in [6.07, 6.45) is 55.8. The molecule has 0 aromatic carbocycles. The van der Waals surface area contributed by atoms with E-state index in [2.05, 4.69) is 25.8 Å². The van der Waals surface area contributed by atoms with E-state index < -0.39 is 0 Å². The topological polar surface area (TPSA) is 3.24 Å². The average molecular weight is 620 g/mol. The SMILES string of the molecule is CCCCCCCCCCCCCCCCCCCCCCN(C)CCCCCCCCCCCCCCCCCCCC. The van der Waals surface area contributed by atoms with E-state index in [-0.39, 0.29) is 0 Å². The van der Waals surface area contributed by atoms with Crippen molar-refractivity contribution in [3.63, 3.8) is 0 Å². The molecule has 0 amide bonds. The molecule has 0 fully saturated rings. The van der Waals surface area contributed by atoms with E-state index in [0.717, 1.165) is 0 Å². The van der Waals surface area contributed by atoms with Crippen LogP contribution in [0.3, 0.4) is 0 Å². The Morgan fingerprint density at radius 3 is 0.500 bits per heavy atom. The van der Waals surface area contributed by atoms with Crippen molar-refractivity contribution in [3.05, 3.63) is 0 Å². The third kappa shape index (κ3) is 40.0. The monoisotopic (exact) mass is 620 g/mol. The highest BCUT2D eigenvalue weighted by molar-refractivity contribution is 4.56. The Labute approximate surface area is 282 Å². The van der Waals surface area contributed by atoms with Crippen LogP contribution in [0.15, 0.2) is 0 Å². The van der Waals surface area contributed by atoms with Crippen LogP contribution in [0.2, 0.25) is 0 Å². The first-order chi connectivity index (χ1) is 21.8. The van der Waals surface area contributed by atoms with Gasteiger partial charge in [0.15, 0.2) is 0 Å².